The third kappa shape index (κ3) is 6.97. The van der Waals surface area contributed by atoms with Crippen molar-refractivity contribution in [2.45, 2.75) is 18.4 Å². The van der Waals surface area contributed by atoms with E-state index in [1.807, 2.05) is 24.3 Å². The molecule has 0 heterocycles. The maximum atomic E-state index is 12.1. The Kier molecular flexibility index (Phi) is 9.14. The Labute approximate surface area is 197 Å². The fourth-order valence-corrected chi connectivity index (χ4v) is 4.43. The predicted octanol–water partition coefficient (Wildman–Crippen LogP) is 2.86. The molecule has 8 nitrogen and oxygen atoms in total. The third-order valence-electron chi connectivity index (χ3n) is 5.36. The Hall–Kier alpha value is -3.04. The molecule has 1 aliphatic carbocycles. The maximum Gasteiger partial charge on any atom is 0.407 e. The second-order valence-electron chi connectivity index (χ2n) is 7.56. The van der Waals surface area contributed by atoms with Gasteiger partial charge in [-0.05, 0) is 22.3 Å². The molecule has 3 rings (SSSR count). The molecule has 176 valence electrons. The number of carboxylic acids is 1. The van der Waals surface area contributed by atoms with Crippen LogP contribution in [0.25, 0.3) is 11.1 Å². The highest BCUT2D eigenvalue weighted by molar-refractivity contribution is 7.99. The van der Waals surface area contributed by atoms with Crippen LogP contribution in [0.3, 0.4) is 0 Å². The number of carbonyl (C=O) groups is 3. The zero-order valence-corrected chi connectivity index (χ0v) is 19.2. The lowest BCUT2D eigenvalue weighted by atomic mass is 9.98. The van der Waals surface area contributed by atoms with Gasteiger partial charge in [0.1, 0.15) is 6.61 Å². The monoisotopic (exact) mass is 472 g/mol. The summed E-state index contributed by atoms with van der Waals surface area (Å²) in [6.45, 7) is 0.765. The van der Waals surface area contributed by atoms with Crippen LogP contribution in [-0.4, -0.2) is 67.5 Å². The van der Waals surface area contributed by atoms with E-state index >= 15 is 0 Å². The smallest absolute Gasteiger partial charge is 0.407 e. The molecule has 1 atom stereocenters. The molecule has 0 aromatic heterocycles. The van der Waals surface area contributed by atoms with Gasteiger partial charge in [0.2, 0.25) is 5.91 Å². The SMILES string of the molecule is COC(CNC(=O)CSCCNC(=O)OCC1c2ccccc2-c2ccccc21)CC(=O)O. The Morgan fingerprint density at radius 1 is 1.03 bits per heavy atom. The van der Waals surface area contributed by atoms with E-state index in [0.717, 1.165) is 11.1 Å². The summed E-state index contributed by atoms with van der Waals surface area (Å²) < 4.78 is 10.5. The van der Waals surface area contributed by atoms with E-state index < -0.39 is 18.2 Å². The number of hydrogen-bond acceptors (Lipinski definition) is 6. The van der Waals surface area contributed by atoms with E-state index in [1.54, 1.807) is 0 Å². The number of aliphatic carboxylic acids is 1. The molecule has 0 spiro atoms. The molecule has 0 saturated carbocycles. The number of hydrogen-bond donors (Lipinski definition) is 3. The summed E-state index contributed by atoms with van der Waals surface area (Å²) in [4.78, 5) is 34.7. The van der Waals surface area contributed by atoms with Crippen LogP contribution in [-0.2, 0) is 19.1 Å². The topological polar surface area (TPSA) is 114 Å². The third-order valence-corrected chi connectivity index (χ3v) is 6.31. The van der Waals surface area contributed by atoms with Gasteiger partial charge < -0.3 is 25.2 Å². The Balaban J connectivity index is 1.33. The van der Waals surface area contributed by atoms with Gasteiger partial charge in [-0.3, -0.25) is 9.59 Å². The first-order valence-electron chi connectivity index (χ1n) is 10.7. The van der Waals surface area contributed by atoms with Crippen molar-refractivity contribution in [3.8, 4) is 11.1 Å². The van der Waals surface area contributed by atoms with E-state index in [1.165, 1.54) is 30.0 Å². The molecule has 2 aromatic rings. The number of rotatable bonds is 12. The van der Waals surface area contributed by atoms with Gasteiger partial charge in [-0.15, -0.1) is 0 Å². The standard InChI is InChI=1S/C24H28N2O6S/c1-31-16(12-23(28)29)13-26-22(27)15-33-11-10-25-24(30)32-14-21-19-8-4-2-6-17(19)18-7-3-5-9-20(18)21/h2-9,16,21H,10-15H2,1H3,(H,25,30)(H,26,27)(H,28,29). The minimum Gasteiger partial charge on any atom is -0.481 e. The number of alkyl carbamates (subject to hydrolysis) is 1. The quantitative estimate of drug-likeness (QED) is 0.407. The molecule has 3 N–H and O–H groups in total. The van der Waals surface area contributed by atoms with E-state index in [4.69, 9.17) is 14.6 Å². The van der Waals surface area contributed by atoms with Crippen LogP contribution in [0.2, 0.25) is 0 Å². The Morgan fingerprint density at radius 2 is 1.67 bits per heavy atom. The van der Waals surface area contributed by atoms with Crippen molar-refractivity contribution >= 4 is 29.7 Å². The highest BCUT2D eigenvalue weighted by Gasteiger charge is 2.28. The summed E-state index contributed by atoms with van der Waals surface area (Å²) in [5, 5.41) is 14.1. The minimum atomic E-state index is -0.982. The second-order valence-corrected chi connectivity index (χ2v) is 8.67. The van der Waals surface area contributed by atoms with Crippen LogP contribution in [0.5, 0.6) is 0 Å². The van der Waals surface area contributed by atoms with Gasteiger partial charge in [0, 0.05) is 31.9 Å². The van der Waals surface area contributed by atoms with Crippen molar-refractivity contribution in [3.05, 3.63) is 59.7 Å². The summed E-state index contributed by atoms with van der Waals surface area (Å²) in [7, 11) is 1.41. The maximum absolute atomic E-state index is 12.1. The fourth-order valence-electron chi connectivity index (χ4n) is 3.75. The van der Waals surface area contributed by atoms with Crippen molar-refractivity contribution in [1.29, 1.82) is 0 Å². The number of nitrogens with one attached hydrogen (secondary N) is 2. The second kappa shape index (κ2) is 12.3. The molecule has 0 fully saturated rings. The lowest BCUT2D eigenvalue weighted by molar-refractivity contribution is -0.140. The normalized spacial score (nSPS) is 13.0. The molecule has 2 amide bonds. The summed E-state index contributed by atoms with van der Waals surface area (Å²) in [6, 6.07) is 16.3. The molecule has 0 aliphatic heterocycles. The molecular formula is C24H28N2O6S. The number of amides is 2. The van der Waals surface area contributed by atoms with Gasteiger partial charge in [-0.25, -0.2) is 4.79 Å². The zero-order valence-electron chi connectivity index (χ0n) is 18.4. The van der Waals surface area contributed by atoms with E-state index in [2.05, 4.69) is 34.9 Å². The van der Waals surface area contributed by atoms with Crippen LogP contribution in [0.15, 0.2) is 48.5 Å². The molecule has 9 heteroatoms. The molecule has 2 aromatic carbocycles. The lowest BCUT2D eigenvalue weighted by Crippen LogP contribution is -2.35. The summed E-state index contributed by atoms with van der Waals surface area (Å²) in [5.41, 5.74) is 4.67. The molecular weight excluding hydrogens is 444 g/mol. The first-order chi connectivity index (χ1) is 16.0. The van der Waals surface area contributed by atoms with Crippen molar-refractivity contribution in [2.75, 3.05) is 38.3 Å². The van der Waals surface area contributed by atoms with Gasteiger partial charge in [0.15, 0.2) is 0 Å². The average Bonchev–Trinajstić information content (AvgIpc) is 3.13. The van der Waals surface area contributed by atoms with Gasteiger partial charge in [0.05, 0.1) is 18.3 Å². The Morgan fingerprint density at radius 3 is 2.27 bits per heavy atom. The van der Waals surface area contributed by atoms with E-state index in [9.17, 15) is 14.4 Å². The molecule has 33 heavy (non-hydrogen) atoms. The van der Waals surface area contributed by atoms with Gasteiger partial charge in [-0.1, -0.05) is 48.5 Å². The van der Waals surface area contributed by atoms with Crippen molar-refractivity contribution in [1.82, 2.24) is 10.6 Å². The highest BCUT2D eigenvalue weighted by atomic mass is 32.2. The molecule has 0 radical (unpaired) electrons. The average molecular weight is 473 g/mol. The van der Waals surface area contributed by atoms with Gasteiger partial charge in [0.25, 0.3) is 0 Å². The van der Waals surface area contributed by atoms with Crippen LogP contribution in [0, 0.1) is 0 Å². The first-order valence-corrected chi connectivity index (χ1v) is 11.8. The van der Waals surface area contributed by atoms with Crippen molar-refractivity contribution in [2.24, 2.45) is 0 Å². The first kappa shape index (κ1) is 24.6. The van der Waals surface area contributed by atoms with Gasteiger partial charge >= 0.3 is 12.1 Å². The number of fused-ring (bicyclic) bond motifs is 3. The molecule has 0 saturated heterocycles. The van der Waals surface area contributed by atoms with E-state index in [-0.39, 0.29) is 37.2 Å². The fraction of sp³-hybridized carbons (Fsp3) is 0.375. The number of methoxy groups -OCH3 is 1. The summed E-state index contributed by atoms with van der Waals surface area (Å²) >= 11 is 1.36. The lowest BCUT2D eigenvalue weighted by Gasteiger charge is -2.15. The number of thioether (sulfide) groups is 1. The van der Waals surface area contributed by atoms with Crippen molar-refractivity contribution in [3.63, 3.8) is 0 Å². The number of carbonyl (C=O) groups excluding carboxylic acids is 2. The highest BCUT2D eigenvalue weighted by Crippen LogP contribution is 2.44. The van der Waals surface area contributed by atoms with Crippen molar-refractivity contribution < 1.29 is 29.0 Å². The number of benzene rings is 2. The number of ether oxygens (including phenoxy) is 2. The van der Waals surface area contributed by atoms with Gasteiger partial charge in [-0.2, -0.15) is 11.8 Å². The predicted molar refractivity (Wildman–Crippen MR) is 126 cm³/mol. The minimum absolute atomic E-state index is 0.0123. The van der Waals surface area contributed by atoms with E-state index in [0.29, 0.717) is 12.3 Å². The number of carboxylic acid groups (broad SMARTS) is 1. The zero-order chi connectivity index (χ0) is 23.6. The Bertz CT molecular complexity index is 937. The van der Waals surface area contributed by atoms with Crippen LogP contribution >= 0.6 is 11.8 Å². The van der Waals surface area contributed by atoms with Crippen LogP contribution < -0.4 is 10.6 Å². The summed E-state index contributed by atoms with van der Waals surface area (Å²) in [5.74, 6) is -0.437. The molecule has 0 bridgehead atoms. The summed E-state index contributed by atoms with van der Waals surface area (Å²) in [6.07, 6.45) is -1.22. The van der Waals surface area contributed by atoms with Crippen LogP contribution in [0.4, 0.5) is 4.79 Å². The molecule has 1 unspecified atom stereocenters. The molecule has 1 aliphatic rings. The largest absolute Gasteiger partial charge is 0.481 e. The van der Waals surface area contributed by atoms with Crippen LogP contribution in [0.1, 0.15) is 23.5 Å².